The third kappa shape index (κ3) is 9.83. The lowest BCUT2D eigenvalue weighted by molar-refractivity contribution is -0.127. The molecule has 0 saturated carbocycles. The van der Waals surface area contributed by atoms with Crippen molar-refractivity contribution in [3.63, 3.8) is 0 Å². The van der Waals surface area contributed by atoms with Crippen molar-refractivity contribution < 1.29 is 9.59 Å². The first-order valence-electron chi connectivity index (χ1n) is 11.3. The number of piperidine rings is 1. The largest absolute Gasteiger partial charge is 0.356 e. The number of carbonyl (C=O) groups excluding carboxylic acids is 2. The molecule has 1 aliphatic rings. The van der Waals surface area contributed by atoms with Gasteiger partial charge in [-0.15, -0.1) is 0 Å². The number of guanidine groups is 1. The fourth-order valence-electron chi connectivity index (χ4n) is 3.36. The molecule has 1 saturated heterocycles. The van der Waals surface area contributed by atoms with Gasteiger partial charge in [0.25, 0.3) is 0 Å². The summed E-state index contributed by atoms with van der Waals surface area (Å²) in [5.74, 6) is 0.739. The van der Waals surface area contributed by atoms with Gasteiger partial charge in [0.05, 0.1) is 6.54 Å². The Labute approximate surface area is 186 Å². The Bertz CT molecular complexity index is 699. The Kier molecular flexibility index (Phi) is 10.9. The van der Waals surface area contributed by atoms with Gasteiger partial charge in [-0.3, -0.25) is 14.5 Å². The van der Waals surface area contributed by atoms with Crippen LogP contribution in [0.5, 0.6) is 0 Å². The van der Waals surface area contributed by atoms with Crippen molar-refractivity contribution in [1.82, 2.24) is 25.8 Å². The SMILES string of the molecule is CCCNC(=O)CN1CCC(NC(=NCC(=O)N(C)C)NCCc2ccccc2)CC1. The molecule has 1 fully saturated rings. The number of hydrogen-bond acceptors (Lipinski definition) is 4. The van der Waals surface area contributed by atoms with Crippen molar-refractivity contribution in [2.75, 3.05) is 53.4 Å². The van der Waals surface area contributed by atoms with E-state index in [4.69, 9.17) is 0 Å². The van der Waals surface area contributed by atoms with Crippen LogP contribution in [0.4, 0.5) is 0 Å². The number of likely N-dealkylation sites (N-methyl/N-ethyl adjacent to an activating group) is 1. The number of nitrogens with zero attached hydrogens (tertiary/aromatic N) is 3. The Morgan fingerprint density at radius 1 is 1.10 bits per heavy atom. The van der Waals surface area contributed by atoms with Crippen molar-refractivity contribution in [2.45, 2.75) is 38.6 Å². The molecule has 1 aromatic carbocycles. The molecule has 0 bridgehead atoms. The molecule has 0 aromatic heterocycles. The summed E-state index contributed by atoms with van der Waals surface area (Å²) < 4.78 is 0. The zero-order chi connectivity index (χ0) is 22.5. The molecule has 0 radical (unpaired) electrons. The second kappa shape index (κ2) is 13.6. The molecule has 0 unspecified atom stereocenters. The van der Waals surface area contributed by atoms with Crippen LogP contribution in [0.15, 0.2) is 35.3 Å². The molecular formula is C23H38N6O2. The molecule has 0 aliphatic carbocycles. The van der Waals surface area contributed by atoms with Gasteiger partial charge in [0.15, 0.2) is 5.96 Å². The lowest BCUT2D eigenvalue weighted by atomic mass is 10.1. The summed E-state index contributed by atoms with van der Waals surface area (Å²) in [5.41, 5.74) is 1.26. The van der Waals surface area contributed by atoms with Crippen LogP contribution >= 0.6 is 0 Å². The molecular weight excluding hydrogens is 392 g/mol. The normalized spacial score (nSPS) is 15.4. The minimum Gasteiger partial charge on any atom is -0.356 e. The van der Waals surface area contributed by atoms with E-state index in [9.17, 15) is 9.59 Å². The molecule has 172 valence electrons. The molecule has 2 amide bonds. The van der Waals surface area contributed by atoms with Gasteiger partial charge in [0.2, 0.25) is 11.8 Å². The van der Waals surface area contributed by atoms with Crippen molar-refractivity contribution >= 4 is 17.8 Å². The minimum atomic E-state index is -0.0305. The number of nitrogens with one attached hydrogen (secondary N) is 3. The molecule has 0 atom stereocenters. The first-order valence-corrected chi connectivity index (χ1v) is 11.3. The van der Waals surface area contributed by atoms with Gasteiger partial charge in [-0.1, -0.05) is 37.3 Å². The van der Waals surface area contributed by atoms with Gasteiger partial charge in [-0.2, -0.15) is 0 Å². The maximum atomic E-state index is 12.0. The van der Waals surface area contributed by atoms with Crippen LogP contribution < -0.4 is 16.0 Å². The van der Waals surface area contributed by atoms with Crippen molar-refractivity contribution in [3.05, 3.63) is 35.9 Å². The van der Waals surface area contributed by atoms with Gasteiger partial charge < -0.3 is 20.9 Å². The van der Waals surface area contributed by atoms with E-state index in [-0.39, 0.29) is 24.4 Å². The van der Waals surface area contributed by atoms with Crippen molar-refractivity contribution in [3.8, 4) is 0 Å². The van der Waals surface area contributed by atoms with Crippen LogP contribution in [0.1, 0.15) is 31.7 Å². The van der Waals surface area contributed by atoms with E-state index in [1.807, 2.05) is 18.2 Å². The quantitative estimate of drug-likeness (QED) is 0.378. The number of benzene rings is 1. The molecule has 31 heavy (non-hydrogen) atoms. The summed E-state index contributed by atoms with van der Waals surface area (Å²) in [4.78, 5) is 32.1. The van der Waals surface area contributed by atoms with Gasteiger partial charge >= 0.3 is 0 Å². The average molecular weight is 431 g/mol. The lowest BCUT2D eigenvalue weighted by Crippen LogP contribution is -2.50. The molecule has 2 rings (SSSR count). The van der Waals surface area contributed by atoms with E-state index < -0.39 is 0 Å². The summed E-state index contributed by atoms with van der Waals surface area (Å²) >= 11 is 0. The highest BCUT2D eigenvalue weighted by molar-refractivity contribution is 5.85. The fraction of sp³-hybridized carbons (Fsp3) is 0.609. The number of aliphatic imine (C=N–C) groups is 1. The third-order valence-corrected chi connectivity index (χ3v) is 5.29. The van der Waals surface area contributed by atoms with Crippen LogP contribution in [-0.4, -0.2) is 87.0 Å². The van der Waals surface area contributed by atoms with Crippen molar-refractivity contribution in [1.29, 1.82) is 0 Å². The molecule has 1 heterocycles. The van der Waals surface area contributed by atoms with Crippen LogP contribution in [0.2, 0.25) is 0 Å². The van der Waals surface area contributed by atoms with Crippen LogP contribution in [-0.2, 0) is 16.0 Å². The topological polar surface area (TPSA) is 89.1 Å². The first-order chi connectivity index (χ1) is 15.0. The van der Waals surface area contributed by atoms with E-state index in [1.54, 1.807) is 19.0 Å². The zero-order valence-electron chi connectivity index (χ0n) is 19.2. The summed E-state index contributed by atoms with van der Waals surface area (Å²) in [7, 11) is 3.47. The maximum Gasteiger partial charge on any atom is 0.243 e. The predicted octanol–water partition coefficient (Wildman–Crippen LogP) is 0.843. The average Bonchev–Trinajstić information content (AvgIpc) is 2.77. The predicted molar refractivity (Wildman–Crippen MR) is 125 cm³/mol. The van der Waals surface area contributed by atoms with Gasteiger partial charge in [0, 0.05) is 46.3 Å². The van der Waals surface area contributed by atoms with Gasteiger partial charge in [-0.05, 0) is 31.2 Å². The second-order valence-corrected chi connectivity index (χ2v) is 8.16. The molecule has 0 spiro atoms. The zero-order valence-corrected chi connectivity index (χ0v) is 19.2. The smallest absolute Gasteiger partial charge is 0.243 e. The molecule has 8 nitrogen and oxygen atoms in total. The van der Waals surface area contributed by atoms with E-state index in [0.717, 1.165) is 51.9 Å². The number of amides is 2. The first kappa shape index (κ1) is 24.7. The monoisotopic (exact) mass is 430 g/mol. The third-order valence-electron chi connectivity index (χ3n) is 5.29. The van der Waals surface area contributed by atoms with Crippen LogP contribution in [0.3, 0.4) is 0 Å². The Morgan fingerprint density at radius 3 is 2.45 bits per heavy atom. The summed E-state index contributed by atoms with van der Waals surface area (Å²) in [6, 6.07) is 10.6. The maximum absolute atomic E-state index is 12.0. The summed E-state index contributed by atoms with van der Waals surface area (Å²) in [6.07, 6.45) is 3.70. The number of hydrogen-bond donors (Lipinski definition) is 3. The molecule has 1 aliphatic heterocycles. The lowest BCUT2D eigenvalue weighted by Gasteiger charge is -2.32. The molecule has 3 N–H and O–H groups in total. The molecule has 1 aromatic rings. The number of rotatable bonds is 10. The Morgan fingerprint density at radius 2 is 1.81 bits per heavy atom. The van der Waals surface area contributed by atoms with E-state index in [1.165, 1.54) is 5.56 Å². The Balaban J connectivity index is 1.83. The van der Waals surface area contributed by atoms with Gasteiger partial charge in [-0.25, -0.2) is 4.99 Å². The number of carbonyl (C=O) groups is 2. The summed E-state index contributed by atoms with van der Waals surface area (Å²) in [5, 5.41) is 9.79. The van der Waals surface area contributed by atoms with Crippen molar-refractivity contribution in [2.24, 2.45) is 4.99 Å². The van der Waals surface area contributed by atoms with E-state index in [0.29, 0.717) is 12.5 Å². The van der Waals surface area contributed by atoms with Crippen LogP contribution in [0.25, 0.3) is 0 Å². The molecule has 8 heteroatoms. The fourth-order valence-corrected chi connectivity index (χ4v) is 3.36. The Hall–Kier alpha value is -2.61. The highest BCUT2D eigenvalue weighted by Crippen LogP contribution is 2.10. The minimum absolute atomic E-state index is 0.0305. The highest BCUT2D eigenvalue weighted by Gasteiger charge is 2.21. The summed E-state index contributed by atoms with van der Waals surface area (Å²) in [6.45, 7) is 5.83. The second-order valence-electron chi connectivity index (χ2n) is 8.16. The van der Waals surface area contributed by atoms with Crippen LogP contribution in [0, 0.1) is 0 Å². The van der Waals surface area contributed by atoms with E-state index >= 15 is 0 Å². The number of likely N-dealkylation sites (tertiary alicyclic amines) is 1. The standard InChI is InChI=1S/C23H38N6O2/c1-4-13-24-21(30)18-29-15-11-20(12-16-29)27-23(26-17-22(31)28(2)3)25-14-10-19-8-6-5-7-9-19/h5-9,20H,4,10-18H2,1-3H3,(H,24,30)(H2,25,26,27). The van der Waals surface area contributed by atoms with Gasteiger partial charge in [0.1, 0.15) is 6.54 Å². The highest BCUT2D eigenvalue weighted by atomic mass is 16.2. The van der Waals surface area contributed by atoms with E-state index in [2.05, 4.69) is 44.9 Å².